The summed E-state index contributed by atoms with van der Waals surface area (Å²) >= 11 is 0. The van der Waals surface area contributed by atoms with Crippen molar-refractivity contribution in [1.82, 2.24) is 4.90 Å². The Morgan fingerprint density at radius 3 is 2.52 bits per heavy atom. The van der Waals surface area contributed by atoms with Gasteiger partial charge < -0.3 is 19.1 Å². The molecule has 7 heteroatoms. The molecule has 25 heavy (non-hydrogen) atoms. The van der Waals surface area contributed by atoms with Crippen LogP contribution in [0.1, 0.15) is 11.1 Å². The van der Waals surface area contributed by atoms with E-state index in [0.29, 0.717) is 22.8 Å². The molecule has 1 aliphatic rings. The van der Waals surface area contributed by atoms with E-state index in [1.165, 1.54) is 25.2 Å². The summed E-state index contributed by atoms with van der Waals surface area (Å²) in [4.78, 5) is 13.7. The molecule has 0 fully saturated rings. The van der Waals surface area contributed by atoms with Gasteiger partial charge in [0.05, 0.1) is 32.9 Å². The van der Waals surface area contributed by atoms with Crippen molar-refractivity contribution in [3.63, 3.8) is 0 Å². The lowest BCUT2D eigenvalue weighted by Gasteiger charge is -2.21. The van der Waals surface area contributed by atoms with Gasteiger partial charge in [0.1, 0.15) is 28.9 Å². The van der Waals surface area contributed by atoms with Crippen molar-refractivity contribution in [3.05, 3.63) is 53.1 Å². The maximum absolute atomic E-state index is 13.9. The van der Waals surface area contributed by atoms with Crippen molar-refractivity contribution < 1.29 is 27.8 Å². The van der Waals surface area contributed by atoms with Crippen LogP contribution in [0.15, 0.2) is 30.3 Å². The first kappa shape index (κ1) is 17.0. The molecule has 0 saturated carbocycles. The molecule has 0 unspecified atom stereocenters. The number of carbonyl (C=O) groups is 1. The molecular weight excluding hydrogens is 332 g/mol. The molecule has 1 heterocycles. The van der Waals surface area contributed by atoms with Gasteiger partial charge in [0, 0.05) is 17.7 Å². The fraction of sp³-hybridized carbons (Fsp3) is 0.278. The molecule has 2 aromatic carbocycles. The minimum atomic E-state index is -0.695. The van der Waals surface area contributed by atoms with Crippen molar-refractivity contribution in [1.29, 1.82) is 0 Å². The van der Waals surface area contributed by atoms with Gasteiger partial charge in [-0.05, 0) is 12.1 Å². The summed E-state index contributed by atoms with van der Waals surface area (Å²) in [5.41, 5.74) is 0.456. The summed E-state index contributed by atoms with van der Waals surface area (Å²) in [6, 6.07) is 6.93. The molecule has 0 aliphatic carbocycles. The predicted octanol–water partition coefficient (Wildman–Crippen LogP) is 2.90. The fourth-order valence-electron chi connectivity index (χ4n) is 2.71. The van der Waals surface area contributed by atoms with Crippen LogP contribution < -0.4 is 14.2 Å². The van der Waals surface area contributed by atoms with Gasteiger partial charge in [0.2, 0.25) is 0 Å². The molecule has 0 saturated heterocycles. The third-order valence-corrected chi connectivity index (χ3v) is 4.06. The highest BCUT2D eigenvalue weighted by Gasteiger charge is 2.26. The second-order valence-corrected chi connectivity index (χ2v) is 5.55. The molecule has 1 amide bonds. The minimum Gasteiger partial charge on any atom is -0.496 e. The third-order valence-electron chi connectivity index (χ3n) is 4.06. The number of carbonyl (C=O) groups excluding carboxylic acids is 1. The summed E-state index contributed by atoms with van der Waals surface area (Å²) < 4.78 is 43.9. The molecule has 0 N–H and O–H groups in total. The summed E-state index contributed by atoms with van der Waals surface area (Å²) in [5.74, 6) is -0.319. The topological polar surface area (TPSA) is 48.0 Å². The molecule has 3 rings (SSSR count). The van der Waals surface area contributed by atoms with E-state index in [0.717, 1.165) is 12.1 Å². The Kier molecular flexibility index (Phi) is 4.74. The van der Waals surface area contributed by atoms with E-state index in [2.05, 4.69) is 0 Å². The van der Waals surface area contributed by atoms with Crippen LogP contribution in [0.5, 0.6) is 17.2 Å². The van der Waals surface area contributed by atoms with Crippen LogP contribution in [0.2, 0.25) is 0 Å². The highest BCUT2D eigenvalue weighted by molar-refractivity contribution is 5.79. The van der Waals surface area contributed by atoms with Crippen LogP contribution in [0.4, 0.5) is 8.78 Å². The van der Waals surface area contributed by atoms with Crippen LogP contribution in [0.25, 0.3) is 0 Å². The van der Waals surface area contributed by atoms with Crippen LogP contribution in [0.3, 0.4) is 0 Å². The number of hydrogen-bond donors (Lipinski definition) is 0. The SMILES string of the molecule is COc1cc(OC)c2c(c1)OCC(=O)N(Cc1c(F)cccc1F)C2. The van der Waals surface area contributed by atoms with Gasteiger partial charge in [-0.2, -0.15) is 0 Å². The summed E-state index contributed by atoms with van der Waals surface area (Å²) in [6.45, 7) is -0.330. The number of fused-ring (bicyclic) bond motifs is 1. The number of benzene rings is 2. The van der Waals surface area contributed by atoms with Gasteiger partial charge >= 0.3 is 0 Å². The van der Waals surface area contributed by atoms with E-state index in [1.54, 1.807) is 12.1 Å². The largest absolute Gasteiger partial charge is 0.496 e. The molecule has 1 aliphatic heterocycles. The zero-order valence-electron chi connectivity index (χ0n) is 13.8. The first-order valence-corrected chi connectivity index (χ1v) is 7.62. The van der Waals surface area contributed by atoms with Gasteiger partial charge in [-0.1, -0.05) is 6.07 Å². The molecule has 0 bridgehead atoms. The quantitative estimate of drug-likeness (QED) is 0.852. The maximum Gasteiger partial charge on any atom is 0.261 e. The van der Waals surface area contributed by atoms with E-state index in [9.17, 15) is 13.6 Å². The molecule has 0 radical (unpaired) electrons. The Morgan fingerprint density at radius 1 is 1.16 bits per heavy atom. The second kappa shape index (κ2) is 6.96. The molecule has 132 valence electrons. The third kappa shape index (κ3) is 3.35. The number of ether oxygens (including phenoxy) is 3. The average Bonchev–Trinajstić information content (AvgIpc) is 2.76. The lowest BCUT2D eigenvalue weighted by atomic mass is 10.1. The zero-order valence-corrected chi connectivity index (χ0v) is 13.8. The van der Waals surface area contributed by atoms with Gasteiger partial charge in [-0.25, -0.2) is 8.78 Å². The highest BCUT2D eigenvalue weighted by atomic mass is 19.1. The van der Waals surface area contributed by atoms with Gasteiger partial charge in [-0.3, -0.25) is 4.79 Å². The zero-order chi connectivity index (χ0) is 18.0. The first-order chi connectivity index (χ1) is 12.0. The van der Waals surface area contributed by atoms with Crippen molar-refractivity contribution in [2.24, 2.45) is 0 Å². The second-order valence-electron chi connectivity index (χ2n) is 5.55. The van der Waals surface area contributed by atoms with Crippen LogP contribution in [-0.2, 0) is 17.9 Å². The maximum atomic E-state index is 13.9. The number of hydrogen-bond acceptors (Lipinski definition) is 4. The van der Waals surface area contributed by atoms with Crippen LogP contribution in [0, 0.1) is 11.6 Å². The van der Waals surface area contributed by atoms with E-state index in [-0.39, 0.29) is 31.2 Å². The lowest BCUT2D eigenvalue weighted by Crippen LogP contribution is -2.32. The number of halogens is 2. The molecule has 0 atom stereocenters. The Labute approximate surface area is 143 Å². The van der Waals surface area contributed by atoms with Crippen molar-refractivity contribution in [3.8, 4) is 17.2 Å². The lowest BCUT2D eigenvalue weighted by molar-refractivity contribution is -0.133. The standard InChI is InChI=1S/C18H17F2NO4/c1-23-11-6-16(24-2)13-9-21(18(22)10-25-17(13)7-11)8-12-14(19)4-3-5-15(12)20/h3-7H,8-10H2,1-2H3. The van der Waals surface area contributed by atoms with E-state index in [4.69, 9.17) is 14.2 Å². The summed E-state index contributed by atoms with van der Waals surface area (Å²) in [7, 11) is 3.00. The predicted molar refractivity (Wildman–Crippen MR) is 85.7 cm³/mol. The fourth-order valence-corrected chi connectivity index (χ4v) is 2.71. The normalized spacial score (nSPS) is 13.8. The minimum absolute atomic E-state index is 0.106. The number of nitrogens with zero attached hydrogens (tertiary/aromatic N) is 1. The Hall–Kier alpha value is -2.83. The molecule has 2 aromatic rings. The van der Waals surface area contributed by atoms with Crippen LogP contribution >= 0.6 is 0 Å². The smallest absolute Gasteiger partial charge is 0.261 e. The van der Waals surface area contributed by atoms with Crippen molar-refractivity contribution in [2.75, 3.05) is 20.8 Å². The Bertz CT molecular complexity index is 790. The number of rotatable bonds is 4. The van der Waals surface area contributed by atoms with Gasteiger partial charge in [-0.15, -0.1) is 0 Å². The highest BCUT2D eigenvalue weighted by Crippen LogP contribution is 2.36. The van der Waals surface area contributed by atoms with Gasteiger partial charge in [0.15, 0.2) is 6.61 Å². The first-order valence-electron chi connectivity index (χ1n) is 7.62. The average molecular weight is 349 g/mol. The van der Waals surface area contributed by atoms with Crippen molar-refractivity contribution >= 4 is 5.91 Å². The van der Waals surface area contributed by atoms with E-state index < -0.39 is 11.6 Å². The summed E-state index contributed by atoms with van der Waals surface area (Å²) in [5, 5.41) is 0. The van der Waals surface area contributed by atoms with E-state index >= 15 is 0 Å². The van der Waals surface area contributed by atoms with E-state index in [1.807, 2.05) is 0 Å². The molecule has 0 spiro atoms. The van der Waals surface area contributed by atoms with Crippen LogP contribution in [-0.4, -0.2) is 31.6 Å². The summed E-state index contributed by atoms with van der Waals surface area (Å²) in [6.07, 6.45) is 0. The van der Waals surface area contributed by atoms with Crippen molar-refractivity contribution in [2.45, 2.75) is 13.1 Å². The number of methoxy groups -OCH3 is 2. The molecular formula is C18H17F2NO4. The Balaban J connectivity index is 1.96. The number of amides is 1. The monoisotopic (exact) mass is 349 g/mol. The molecule has 5 nitrogen and oxygen atoms in total. The molecule has 0 aromatic heterocycles. The Morgan fingerprint density at radius 2 is 1.88 bits per heavy atom. The van der Waals surface area contributed by atoms with Gasteiger partial charge in [0.25, 0.3) is 5.91 Å².